The van der Waals surface area contributed by atoms with Crippen LogP contribution >= 0.6 is 0 Å². The van der Waals surface area contributed by atoms with Gasteiger partial charge in [-0.3, -0.25) is 4.84 Å². The van der Waals surface area contributed by atoms with Crippen LogP contribution in [-0.4, -0.2) is 15.0 Å². The molecule has 84 valence electrons. The van der Waals surface area contributed by atoms with E-state index in [1.165, 1.54) is 0 Å². The van der Waals surface area contributed by atoms with Crippen molar-refractivity contribution < 1.29 is 22.0 Å². The minimum absolute atomic E-state index is 0.0992. The third-order valence-corrected chi connectivity index (χ3v) is 2.74. The molecule has 0 bridgehead atoms. The number of hydrogen-bond acceptors (Lipinski definition) is 3. The number of sulfonamides is 1. The minimum atomic E-state index is -4.08. The molecule has 0 saturated carbocycles. The molecule has 0 radical (unpaired) electrons. The maximum atomic E-state index is 13.1. The van der Waals surface area contributed by atoms with Gasteiger partial charge in [0.1, 0.15) is 16.5 Å². The molecule has 1 rings (SSSR count). The van der Waals surface area contributed by atoms with Crippen LogP contribution in [0, 0.1) is 11.6 Å². The van der Waals surface area contributed by atoms with Crippen molar-refractivity contribution in [2.45, 2.75) is 11.8 Å². The Balaban J connectivity index is 3.05. The summed E-state index contributed by atoms with van der Waals surface area (Å²) in [7, 11) is -4.08. The lowest BCUT2D eigenvalue weighted by molar-refractivity contribution is 0.105. The topological polar surface area (TPSA) is 55.4 Å². The Morgan fingerprint density at radius 1 is 1.40 bits per heavy atom. The molecule has 0 atom stereocenters. The summed E-state index contributed by atoms with van der Waals surface area (Å²) in [6.45, 7) is 1.66. The maximum Gasteiger partial charge on any atom is 0.265 e. The molecule has 4 nitrogen and oxygen atoms in total. The van der Waals surface area contributed by atoms with E-state index in [1.54, 1.807) is 11.8 Å². The van der Waals surface area contributed by atoms with Crippen molar-refractivity contribution in [3.63, 3.8) is 0 Å². The molecule has 0 fully saturated rings. The summed E-state index contributed by atoms with van der Waals surface area (Å²) in [5.74, 6) is -2.01. The summed E-state index contributed by atoms with van der Waals surface area (Å²) in [6, 6.07) is 2.16. The van der Waals surface area contributed by atoms with Gasteiger partial charge in [-0.05, 0) is 19.1 Å². The van der Waals surface area contributed by atoms with Gasteiger partial charge in [0.05, 0.1) is 6.61 Å². The number of benzene rings is 1. The summed E-state index contributed by atoms with van der Waals surface area (Å²) in [6.07, 6.45) is 0. The first-order valence-corrected chi connectivity index (χ1v) is 5.54. The zero-order valence-corrected chi connectivity index (χ0v) is 8.64. The summed E-state index contributed by atoms with van der Waals surface area (Å²) in [5, 5.41) is 0. The van der Waals surface area contributed by atoms with E-state index in [0.29, 0.717) is 6.07 Å². The van der Waals surface area contributed by atoms with E-state index in [2.05, 4.69) is 4.84 Å². The minimum Gasteiger partial charge on any atom is -0.287 e. The highest BCUT2D eigenvalue weighted by molar-refractivity contribution is 7.89. The predicted octanol–water partition coefficient (Wildman–Crippen LogP) is 1.19. The average Bonchev–Trinajstić information content (AvgIpc) is 2.14. The van der Waals surface area contributed by atoms with Crippen LogP contribution in [0.25, 0.3) is 0 Å². The summed E-state index contributed by atoms with van der Waals surface area (Å²) in [4.78, 5) is 5.48. The van der Waals surface area contributed by atoms with Gasteiger partial charge < -0.3 is 0 Å². The van der Waals surface area contributed by atoms with E-state index in [9.17, 15) is 17.2 Å². The van der Waals surface area contributed by atoms with Crippen molar-refractivity contribution in [1.82, 2.24) is 4.89 Å². The van der Waals surface area contributed by atoms with Crippen LogP contribution in [0.5, 0.6) is 0 Å². The molecule has 1 aromatic carbocycles. The third kappa shape index (κ3) is 2.95. The summed E-state index contributed by atoms with van der Waals surface area (Å²) >= 11 is 0. The van der Waals surface area contributed by atoms with Crippen molar-refractivity contribution in [3.8, 4) is 0 Å². The largest absolute Gasteiger partial charge is 0.287 e. The Bertz CT molecular complexity index is 447. The van der Waals surface area contributed by atoms with E-state index >= 15 is 0 Å². The van der Waals surface area contributed by atoms with Gasteiger partial charge >= 0.3 is 0 Å². The van der Waals surface area contributed by atoms with E-state index in [-0.39, 0.29) is 6.61 Å². The van der Waals surface area contributed by atoms with Crippen LogP contribution < -0.4 is 4.89 Å². The average molecular weight is 237 g/mol. The zero-order chi connectivity index (χ0) is 11.5. The molecule has 0 amide bonds. The molecule has 0 spiro atoms. The Labute approximate surface area is 85.9 Å². The molecule has 1 N–H and O–H groups in total. The Kier molecular flexibility index (Phi) is 3.72. The Morgan fingerprint density at radius 2 is 2.07 bits per heavy atom. The van der Waals surface area contributed by atoms with E-state index < -0.39 is 26.6 Å². The lowest BCUT2D eigenvalue weighted by Gasteiger charge is -2.06. The Morgan fingerprint density at radius 3 is 2.60 bits per heavy atom. The second-order valence-electron chi connectivity index (χ2n) is 2.59. The molecule has 1 aromatic rings. The summed E-state index contributed by atoms with van der Waals surface area (Å²) in [5.41, 5.74) is 0. The highest BCUT2D eigenvalue weighted by Crippen LogP contribution is 2.14. The first kappa shape index (κ1) is 12.0. The molecule has 7 heteroatoms. The molecule has 0 saturated heterocycles. The second kappa shape index (κ2) is 4.65. The number of hydrogen-bond donors (Lipinski definition) is 1. The normalized spacial score (nSPS) is 11.7. The molecule has 0 aliphatic heterocycles. The Hall–Kier alpha value is -1.05. The van der Waals surface area contributed by atoms with Crippen LogP contribution in [0.1, 0.15) is 6.92 Å². The van der Waals surface area contributed by atoms with Crippen LogP contribution in [0.15, 0.2) is 23.1 Å². The summed E-state index contributed by atoms with van der Waals surface area (Å²) < 4.78 is 48.2. The maximum absolute atomic E-state index is 13.1. The van der Waals surface area contributed by atoms with Crippen molar-refractivity contribution in [2.75, 3.05) is 6.61 Å². The first-order chi connectivity index (χ1) is 6.97. The smallest absolute Gasteiger partial charge is 0.265 e. The predicted molar refractivity (Wildman–Crippen MR) is 48.3 cm³/mol. The van der Waals surface area contributed by atoms with Crippen molar-refractivity contribution in [3.05, 3.63) is 29.8 Å². The van der Waals surface area contributed by atoms with E-state index in [1.807, 2.05) is 0 Å². The number of nitrogens with one attached hydrogen (secondary N) is 1. The highest BCUT2D eigenvalue weighted by atomic mass is 32.2. The van der Waals surface area contributed by atoms with Gasteiger partial charge in [0.25, 0.3) is 10.0 Å². The SMILES string of the molecule is CCONS(=O)(=O)c1ccc(F)cc1F. The van der Waals surface area contributed by atoms with Gasteiger partial charge in [-0.25, -0.2) is 17.2 Å². The number of halogens is 2. The van der Waals surface area contributed by atoms with Gasteiger partial charge in [0, 0.05) is 6.07 Å². The van der Waals surface area contributed by atoms with Crippen LogP contribution in [-0.2, 0) is 14.9 Å². The first-order valence-electron chi connectivity index (χ1n) is 4.06. The van der Waals surface area contributed by atoms with Crippen LogP contribution in [0.3, 0.4) is 0 Å². The van der Waals surface area contributed by atoms with Crippen molar-refractivity contribution >= 4 is 10.0 Å². The molecule has 0 aliphatic carbocycles. The van der Waals surface area contributed by atoms with Gasteiger partial charge in [0.2, 0.25) is 0 Å². The molecule has 0 unspecified atom stereocenters. The molecular formula is C8H9F2NO3S. The van der Waals surface area contributed by atoms with Gasteiger partial charge in [-0.15, -0.1) is 0 Å². The lowest BCUT2D eigenvalue weighted by atomic mass is 10.3. The van der Waals surface area contributed by atoms with Crippen molar-refractivity contribution in [1.29, 1.82) is 0 Å². The molecule has 0 heterocycles. The second-order valence-corrected chi connectivity index (χ2v) is 4.21. The molecular weight excluding hydrogens is 228 g/mol. The zero-order valence-electron chi connectivity index (χ0n) is 7.83. The molecule has 0 aliphatic rings. The fourth-order valence-electron chi connectivity index (χ4n) is 0.875. The quantitative estimate of drug-likeness (QED) is 0.800. The standard InChI is InChI=1S/C8H9F2NO3S/c1-2-14-11-15(12,13)8-4-3-6(9)5-7(8)10/h3-5,11H,2H2,1H3. The van der Waals surface area contributed by atoms with Gasteiger partial charge in [-0.1, -0.05) is 4.89 Å². The third-order valence-electron chi connectivity index (χ3n) is 1.50. The van der Waals surface area contributed by atoms with Crippen molar-refractivity contribution in [2.24, 2.45) is 0 Å². The van der Waals surface area contributed by atoms with E-state index in [4.69, 9.17) is 0 Å². The highest BCUT2D eigenvalue weighted by Gasteiger charge is 2.19. The fourth-order valence-corrected chi connectivity index (χ4v) is 1.80. The fraction of sp³-hybridized carbons (Fsp3) is 0.250. The van der Waals surface area contributed by atoms with Crippen LogP contribution in [0.2, 0.25) is 0 Å². The van der Waals surface area contributed by atoms with Gasteiger partial charge in [0.15, 0.2) is 0 Å². The lowest BCUT2D eigenvalue weighted by Crippen LogP contribution is -2.24. The molecule has 0 aromatic heterocycles. The van der Waals surface area contributed by atoms with Gasteiger partial charge in [-0.2, -0.15) is 0 Å². The van der Waals surface area contributed by atoms with Crippen LogP contribution in [0.4, 0.5) is 8.78 Å². The number of rotatable bonds is 4. The van der Waals surface area contributed by atoms with E-state index in [0.717, 1.165) is 12.1 Å². The molecule has 15 heavy (non-hydrogen) atoms. The monoisotopic (exact) mass is 237 g/mol.